The van der Waals surface area contributed by atoms with Gasteiger partial charge < -0.3 is 20.4 Å². The van der Waals surface area contributed by atoms with Crippen molar-refractivity contribution >= 4 is 5.97 Å². The van der Waals surface area contributed by atoms with Crippen LogP contribution in [0.2, 0.25) is 0 Å². The molecular formula is C13H26O5. The second-order valence-electron chi connectivity index (χ2n) is 5.37. The van der Waals surface area contributed by atoms with Gasteiger partial charge in [0, 0.05) is 11.5 Å². The monoisotopic (exact) mass is 262 g/mol. The molecule has 0 radical (unpaired) electrons. The van der Waals surface area contributed by atoms with E-state index in [4.69, 9.17) is 10.2 Å². The molecule has 0 aromatic carbocycles. The standard InChI is InChI=1S/C8H18O3.C5H8O2/c1-6(10)8(4,5-9)7(2,3)11;1-4(2)3-5(6)7/h6,9-11H,5H2,1-4H3;3H,1-2H3,(H,6,7). The molecule has 0 aliphatic carbocycles. The van der Waals surface area contributed by atoms with E-state index in [0.717, 1.165) is 5.57 Å². The third-order valence-corrected chi connectivity index (χ3v) is 3.06. The highest BCUT2D eigenvalue weighted by Gasteiger charge is 2.43. The summed E-state index contributed by atoms with van der Waals surface area (Å²) in [6, 6.07) is 0. The number of aliphatic hydroxyl groups excluding tert-OH is 2. The molecule has 108 valence electrons. The van der Waals surface area contributed by atoms with E-state index in [-0.39, 0.29) is 6.61 Å². The maximum Gasteiger partial charge on any atom is 0.328 e. The van der Waals surface area contributed by atoms with Gasteiger partial charge in [-0.3, -0.25) is 0 Å². The molecule has 0 heterocycles. The Kier molecular flexibility index (Phi) is 8.10. The highest BCUT2D eigenvalue weighted by molar-refractivity contribution is 5.80. The molecule has 5 heteroatoms. The van der Waals surface area contributed by atoms with Gasteiger partial charge >= 0.3 is 5.97 Å². The Morgan fingerprint density at radius 3 is 1.67 bits per heavy atom. The van der Waals surface area contributed by atoms with Crippen LogP contribution in [0, 0.1) is 5.41 Å². The van der Waals surface area contributed by atoms with E-state index >= 15 is 0 Å². The van der Waals surface area contributed by atoms with Crippen molar-refractivity contribution in [3.05, 3.63) is 11.6 Å². The van der Waals surface area contributed by atoms with Gasteiger partial charge in [-0.1, -0.05) is 12.5 Å². The van der Waals surface area contributed by atoms with Gasteiger partial charge in [0.15, 0.2) is 0 Å². The molecule has 18 heavy (non-hydrogen) atoms. The Morgan fingerprint density at radius 1 is 1.28 bits per heavy atom. The van der Waals surface area contributed by atoms with Crippen LogP contribution in [-0.2, 0) is 4.79 Å². The Labute approximate surface area is 109 Å². The lowest BCUT2D eigenvalue weighted by atomic mass is 9.72. The Hall–Kier alpha value is -0.910. The Morgan fingerprint density at radius 2 is 1.67 bits per heavy atom. The fourth-order valence-electron chi connectivity index (χ4n) is 1.08. The highest BCUT2D eigenvalue weighted by Crippen LogP contribution is 2.33. The van der Waals surface area contributed by atoms with Crippen molar-refractivity contribution in [2.24, 2.45) is 5.41 Å². The second kappa shape index (κ2) is 7.51. The molecule has 0 amide bonds. The third kappa shape index (κ3) is 6.74. The number of allylic oxidation sites excluding steroid dienone is 1. The first-order chi connectivity index (χ1) is 7.88. The predicted molar refractivity (Wildman–Crippen MR) is 70.2 cm³/mol. The normalized spacial score (nSPS) is 15.8. The summed E-state index contributed by atoms with van der Waals surface area (Å²) in [5.74, 6) is -0.875. The van der Waals surface area contributed by atoms with E-state index in [9.17, 15) is 15.0 Å². The first-order valence-electron chi connectivity index (χ1n) is 5.77. The summed E-state index contributed by atoms with van der Waals surface area (Å²) in [5.41, 5.74) is -1.12. The number of hydrogen-bond donors (Lipinski definition) is 4. The summed E-state index contributed by atoms with van der Waals surface area (Å²) in [4.78, 5) is 9.73. The summed E-state index contributed by atoms with van der Waals surface area (Å²) < 4.78 is 0. The van der Waals surface area contributed by atoms with Crippen LogP contribution in [-0.4, -0.2) is 44.7 Å². The van der Waals surface area contributed by atoms with E-state index < -0.39 is 23.1 Å². The fourth-order valence-corrected chi connectivity index (χ4v) is 1.08. The van der Waals surface area contributed by atoms with Crippen LogP contribution >= 0.6 is 0 Å². The summed E-state index contributed by atoms with van der Waals surface area (Å²) in [6.45, 7) is 9.63. The molecular weight excluding hydrogens is 236 g/mol. The van der Waals surface area contributed by atoms with Crippen molar-refractivity contribution in [3.8, 4) is 0 Å². The van der Waals surface area contributed by atoms with Crippen LogP contribution in [0.4, 0.5) is 0 Å². The number of hydrogen-bond acceptors (Lipinski definition) is 4. The van der Waals surface area contributed by atoms with Crippen LogP contribution in [0.5, 0.6) is 0 Å². The van der Waals surface area contributed by atoms with Gasteiger partial charge in [-0.25, -0.2) is 4.79 Å². The van der Waals surface area contributed by atoms with E-state index in [2.05, 4.69) is 0 Å². The molecule has 0 bridgehead atoms. The van der Waals surface area contributed by atoms with Crippen molar-refractivity contribution in [3.63, 3.8) is 0 Å². The average Bonchev–Trinajstić information content (AvgIpc) is 2.12. The predicted octanol–water partition coefficient (Wildman–Crippen LogP) is 1.17. The number of rotatable bonds is 4. The summed E-state index contributed by atoms with van der Waals surface area (Å²) >= 11 is 0. The summed E-state index contributed by atoms with van der Waals surface area (Å²) in [7, 11) is 0. The Balaban J connectivity index is 0. The van der Waals surface area contributed by atoms with E-state index in [1.165, 1.54) is 6.08 Å². The third-order valence-electron chi connectivity index (χ3n) is 3.06. The van der Waals surface area contributed by atoms with Crippen LogP contribution < -0.4 is 0 Å². The molecule has 0 saturated carbocycles. The van der Waals surface area contributed by atoms with Gasteiger partial charge in [-0.05, 0) is 34.6 Å². The van der Waals surface area contributed by atoms with Crippen molar-refractivity contribution in [2.75, 3.05) is 6.61 Å². The van der Waals surface area contributed by atoms with Crippen molar-refractivity contribution in [1.29, 1.82) is 0 Å². The lowest BCUT2D eigenvalue weighted by molar-refractivity contribution is -0.131. The highest BCUT2D eigenvalue weighted by atomic mass is 16.4. The Bertz CT molecular complexity index is 284. The fraction of sp³-hybridized carbons (Fsp3) is 0.769. The molecule has 2 unspecified atom stereocenters. The van der Waals surface area contributed by atoms with E-state index in [1.807, 2.05) is 0 Å². The van der Waals surface area contributed by atoms with Crippen LogP contribution in [0.25, 0.3) is 0 Å². The zero-order chi connectivity index (χ0) is 15.1. The van der Waals surface area contributed by atoms with Crippen molar-refractivity contribution < 1.29 is 25.2 Å². The SMILES string of the molecule is CC(C)=CC(=O)O.CC(O)C(C)(CO)C(C)(C)O. The lowest BCUT2D eigenvalue weighted by Gasteiger charge is -2.41. The molecule has 0 rings (SSSR count). The van der Waals surface area contributed by atoms with E-state index in [1.54, 1.807) is 41.5 Å². The van der Waals surface area contributed by atoms with Gasteiger partial charge in [0.2, 0.25) is 0 Å². The lowest BCUT2D eigenvalue weighted by Crippen LogP contribution is -2.51. The molecule has 0 aromatic heterocycles. The summed E-state index contributed by atoms with van der Waals surface area (Å²) in [5, 5.41) is 35.9. The van der Waals surface area contributed by atoms with E-state index in [0.29, 0.717) is 0 Å². The van der Waals surface area contributed by atoms with Crippen LogP contribution in [0.1, 0.15) is 41.5 Å². The number of aliphatic carboxylic acids is 1. The number of carboxylic acid groups (broad SMARTS) is 1. The van der Waals surface area contributed by atoms with Crippen LogP contribution in [0.15, 0.2) is 11.6 Å². The molecule has 0 aliphatic heterocycles. The molecule has 5 nitrogen and oxygen atoms in total. The van der Waals surface area contributed by atoms with Crippen molar-refractivity contribution in [1.82, 2.24) is 0 Å². The summed E-state index contributed by atoms with van der Waals surface area (Å²) in [6.07, 6.45) is 0.437. The second-order valence-corrected chi connectivity index (χ2v) is 5.37. The minimum absolute atomic E-state index is 0.228. The van der Waals surface area contributed by atoms with Crippen molar-refractivity contribution in [2.45, 2.75) is 53.2 Å². The topological polar surface area (TPSA) is 98.0 Å². The van der Waals surface area contributed by atoms with Gasteiger partial charge in [-0.15, -0.1) is 0 Å². The van der Waals surface area contributed by atoms with Gasteiger partial charge in [0.05, 0.1) is 18.3 Å². The zero-order valence-electron chi connectivity index (χ0n) is 12.1. The average molecular weight is 262 g/mol. The molecule has 0 spiro atoms. The maximum absolute atomic E-state index is 9.73. The van der Waals surface area contributed by atoms with Gasteiger partial charge in [0.25, 0.3) is 0 Å². The molecule has 0 aromatic rings. The molecule has 0 fully saturated rings. The largest absolute Gasteiger partial charge is 0.478 e. The minimum atomic E-state index is -1.07. The number of carbonyl (C=O) groups is 1. The molecule has 0 saturated heterocycles. The minimum Gasteiger partial charge on any atom is -0.478 e. The maximum atomic E-state index is 9.73. The number of aliphatic hydroxyl groups is 3. The molecule has 0 aliphatic rings. The van der Waals surface area contributed by atoms with Gasteiger partial charge in [-0.2, -0.15) is 0 Å². The van der Waals surface area contributed by atoms with Gasteiger partial charge in [0.1, 0.15) is 0 Å². The number of carboxylic acids is 1. The quantitative estimate of drug-likeness (QED) is 0.570. The molecule has 4 N–H and O–H groups in total. The zero-order valence-corrected chi connectivity index (χ0v) is 12.1. The smallest absolute Gasteiger partial charge is 0.328 e. The molecule has 2 atom stereocenters. The first kappa shape index (κ1) is 19.4. The van der Waals surface area contributed by atoms with Crippen LogP contribution in [0.3, 0.4) is 0 Å². The first-order valence-corrected chi connectivity index (χ1v) is 5.77.